The molecule has 4 nitrogen and oxygen atoms in total. The maximum atomic E-state index is 12.5. The molecule has 0 bridgehead atoms. The zero-order valence-corrected chi connectivity index (χ0v) is 17.0. The largest absolute Gasteiger partial charge is 0.322 e. The fourth-order valence-corrected chi connectivity index (χ4v) is 3.86. The Labute approximate surface area is 167 Å². The van der Waals surface area contributed by atoms with Gasteiger partial charge in [0.15, 0.2) is 6.54 Å². The predicted octanol–water partition coefficient (Wildman–Crippen LogP) is 1.39. The number of anilines is 1. The molecular formula is C22H30ClN3O+2. The van der Waals surface area contributed by atoms with E-state index in [4.69, 9.17) is 11.6 Å². The summed E-state index contributed by atoms with van der Waals surface area (Å²) >= 11 is 5.96. The predicted molar refractivity (Wildman–Crippen MR) is 111 cm³/mol. The molecule has 0 radical (unpaired) electrons. The van der Waals surface area contributed by atoms with E-state index in [-0.39, 0.29) is 5.91 Å². The van der Waals surface area contributed by atoms with Crippen LogP contribution in [0.4, 0.5) is 5.69 Å². The SMILES string of the molecule is CC(C)c1ccccc1NC(=O)C[NH+]1CC[NH+](Cc2ccc(Cl)cc2)CC1. The lowest BCUT2D eigenvalue weighted by Gasteiger charge is -2.29. The smallest absolute Gasteiger partial charge is 0.279 e. The normalized spacial score (nSPS) is 19.9. The third-order valence-electron chi connectivity index (χ3n) is 5.30. The molecule has 0 aliphatic carbocycles. The fourth-order valence-electron chi connectivity index (χ4n) is 3.74. The number of amides is 1. The van der Waals surface area contributed by atoms with Crippen molar-refractivity contribution < 1.29 is 14.6 Å². The lowest BCUT2D eigenvalue weighted by Crippen LogP contribution is -3.28. The second-order valence-corrected chi connectivity index (χ2v) is 8.21. The Kier molecular flexibility index (Phi) is 6.89. The molecule has 0 atom stereocenters. The van der Waals surface area contributed by atoms with Crippen LogP contribution in [-0.4, -0.2) is 38.6 Å². The molecule has 0 spiro atoms. The van der Waals surface area contributed by atoms with Gasteiger partial charge in [-0.15, -0.1) is 0 Å². The van der Waals surface area contributed by atoms with Gasteiger partial charge in [0.25, 0.3) is 5.91 Å². The Hall–Kier alpha value is -1.88. The van der Waals surface area contributed by atoms with Crippen molar-refractivity contribution in [1.82, 2.24) is 0 Å². The van der Waals surface area contributed by atoms with Gasteiger partial charge in [-0.25, -0.2) is 0 Å². The van der Waals surface area contributed by atoms with E-state index in [9.17, 15) is 4.79 Å². The standard InChI is InChI=1S/C22H28ClN3O/c1-17(2)20-5-3-4-6-21(20)24-22(27)16-26-13-11-25(12-14-26)15-18-7-9-19(23)10-8-18/h3-10,17H,11-16H2,1-2H3,(H,24,27)/p+2. The summed E-state index contributed by atoms with van der Waals surface area (Å²) in [6.45, 7) is 10.1. The van der Waals surface area contributed by atoms with Crippen molar-refractivity contribution >= 4 is 23.2 Å². The minimum absolute atomic E-state index is 0.110. The van der Waals surface area contributed by atoms with Crippen LogP contribution in [0.25, 0.3) is 0 Å². The van der Waals surface area contributed by atoms with Crippen LogP contribution in [0.15, 0.2) is 48.5 Å². The fraction of sp³-hybridized carbons (Fsp3) is 0.409. The van der Waals surface area contributed by atoms with Crippen LogP contribution < -0.4 is 15.1 Å². The number of halogens is 1. The van der Waals surface area contributed by atoms with Crippen molar-refractivity contribution in [1.29, 1.82) is 0 Å². The van der Waals surface area contributed by atoms with Crippen molar-refractivity contribution in [3.8, 4) is 0 Å². The molecule has 1 aliphatic heterocycles. The highest BCUT2D eigenvalue weighted by Gasteiger charge is 2.25. The third-order valence-corrected chi connectivity index (χ3v) is 5.55. The number of piperazine rings is 1. The summed E-state index contributed by atoms with van der Waals surface area (Å²) in [5.41, 5.74) is 3.46. The zero-order valence-electron chi connectivity index (χ0n) is 16.2. The van der Waals surface area contributed by atoms with E-state index < -0.39 is 0 Å². The number of hydrogen-bond acceptors (Lipinski definition) is 1. The number of benzene rings is 2. The lowest BCUT2D eigenvalue weighted by atomic mass is 10.0. The number of nitrogens with one attached hydrogen (secondary N) is 3. The third kappa shape index (κ3) is 5.80. The number of para-hydroxylation sites is 1. The van der Waals surface area contributed by atoms with E-state index in [1.165, 1.54) is 16.0 Å². The van der Waals surface area contributed by atoms with E-state index in [0.717, 1.165) is 43.4 Å². The Morgan fingerprint density at radius 1 is 1.00 bits per heavy atom. The summed E-state index contributed by atoms with van der Waals surface area (Å²) in [7, 11) is 0. The number of carbonyl (C=O) groups is 1. The number of quaternary nitrogens is 2. The van der Waals surface area contributed by atoms with Gasteiger partial charge in [-0.05, 0) is 29.7 Å². The summed E-state index contributed by atoms with van der Waals surface area (Å²) < 4.78 is 0. The first-order chi connectivity index (χ1) is 13.0. The van der Waals surface area contributed by atoms with Gasteiger partial charge in [0.1, 0.15) is 32.7 Å². The average Bonchev–Trinajstić information content (AvgIpc) is 2.65. The highest BCUT2D eigenvalue weighted by molar-refractivity contribution is 6.30. The molecule has 0 aromatic heterocycles. The first kappa shape index (κ1) is 19.9. The Bertz CT molecular complexity index is 752. The minimum Gasteiger partial charge on any atom is -0.322 e. The van der Waals surface area contributed by atoms with Gasteiger partial charge in [-0.3, -0.25) is 4.79 Å². The summed E-state index contributed by atoms with van der Waals surface area (Å²) in [6, 6.07) is 16.2. The van der Waals surface area contributed by atoms with Crippen molar-refractivity contribution in [2.75, 3.05) is 38.0 Å². The topological polar surface area (TPSA) is 38.0 Å². The first-order valence-electron chi connectivity index (χ1n) is 9.81. The molecule has 0 saturated carbocycles. The second kappa shape index (κ2) is 9.36. The molecule has 0 unspecified atom stereocenters. The molecule has 5 heteroatoms. The van der Waals surface area contributed by atoms with Gasteiger partial charge < -0.3 is 15.1 Å². The van der Waals surface area contributed by atoms with Crippen LogP contribution in [0.2, 0.25) is 5.02 Å². The van der Waals surface area contributed by atoms with Crippen LogP contribution in [-0.2, 0) is 11.3 Å². The van der Waals surface area contributed by atoms with Gasteiger partial charge in [-0.2, -0.15) is 0 Å². The van der Waals surface area contributed by atoms with Gasteiger partial charge in [0.2, 0.25) is 0 Å². The quantitative estimate of drug-likeness (QED) is 0.688. The van der Waals surface area contributed by atoms with Gasteiger partial charge in [0.05, 0.1) is 0 Å². The molecule has 144 valence electrons. The van der Waals surface area contributed by atoms with Crippen LogP contribution in [0.3, 0.4) is 0 Å². The molecule has 1 saturated heterocycles. The first-order valence-corrected chi connectivity index (χ1v) is 10.2. The Morgan fingerprint density at radius 2 is 1.63 bits per heavy atom. The molecule has 1 amide bonds. The molecule has 3 rings (SSSR count). The van der Waals surface area contributed by atoms with Crippen molar-refractivity contribution in [3.63, 3.8) is 0 Å². The monoisotopic (exact) mass is 387 g/mol. The summed E-state index contributed by atoms with van der Waals surface area (Å²) in [6.07, 6.45) is 0. The maximum absolute atomic E-state index is 12.5. The van der Waals surface area contributed by atoms with Crippen LogP contribution in [0.1, 0.15) is 30.9 Å². The van der Waals surface area contributed by atoms with E-state index in [2.05, 4.69) is 37.4 Å². The van der Waals surface area contributed by atoms with Crippen molar-refractivity contribution in [2.24, 2.45) is 0 Å². The van der Waals surface area contributed by atoms with Crippen molar-refractivity contribution in [2.45, 2.75) is 26.3 Å². The molecule has 1 aliphatic rings. The Morgan fingerprint density at radius 3 is 2.30 bits per heavy atom. The molecule has 2 aromatic carbocycles. The molecule has 3 N–H and O–H groups in total. The van der Waals surface area contributed by atoms with E-state index >= 15 is 0 Å². The van der Waals surface area contributed by atoms with Gasteiger partial charge >= 0.3 is 0 Å². The summed E-state index contributed by atoms with van der Waals surface area (Å²) in [5, 5.41) is 3.90. The summed E-state index contributed by atoms with van der Waals surface area (Å²) in [4.78, 5) is 15.5. The molecule has 2 aromatic rings. The van der Waals surface area contributed by atoms with E-state index in [1.54, 1.807) is 4.90 Å². The highest BCUT2D eigenvalue weighted by atomic mass is 35.5. The number of hydrogen-bond donors (Lipinski definition) is 3. The maximum Gasteiger partial charge on any atom is 0.279 e. The van der Waals surface area contributed by atoms with Crippen LogP contribution in [0, 0.1) is 0 Å². The average molecular weight is 388 g/mol. The van der Waals surface area contributed by atoms with Crippen molar-refractivity contribution in [3.05, 3.63) is 64.7 Å². The molecule has 27 heavy (non-hydrogen) atoms. The minimum atomic E-state index is 0.110. The molecular weight excluding hydrogens is 358 g/mol. The summed E-state index contributed by atoms with van der Waals surface area (Å²) in [5.74, 6) is 0.508. The van der Waals surface area contributed by atoms with Crippen LogP contribution in [0.5, 0.6) is 0 Å². The lowest BCUT2D eigenvalue weighted by molar-refractivity contribution is -1.02. The molecule has 1 fully saturated rings. The van der Waals surface area contributed by atoms with E-state index in [1.807, 2.05) is 30.3 Å². The Balaban J connectivity index is 1.46. The second-order valence-electron chi connectivity index (χ2n) is 7.77. The van der Waals surface area contributed by atoms with E-state index in [0.29, 0.717) is 12.5 Å². The van der Waals surface area contributed by atoms with Crippen LogP contribution >= 0.6 is 11.6 Å². The van der Waals surface area contributed by atoms with Gasteiger partial charge in [-0.1, -0.05) is 55.8 Å². The highest BCUT2D eigenvalue weighted by Crippen LogP contribution is 2.23. The number of carbonyl (C=O) groups excluding carboxylic acids is 1. The number of rotatable bonds is 6. The molecule has 1 heterocycles. The van der Waals surface area contributed by atoms with Gasteiger partial charge in [0, 0.05) is 16.3 Å². The zero-order chi connectivity index (χ0) is 19.2.